The van der Waals surface area contributed by atoms with Gasteiger partial charge in [0.1, 0.15) is 5.82 Å². The van der Waals surface area contributed by atoms with Crippen LogP contribution in [-0.2, 0) is 0 Å². The fourth-order valence-corrected chi connectivity index (χ4v) is 1.81. The minimum Gasteiger partial charge on any atom is -0.322 e. The molecule has 0 heterocycles. The van der Waals surface area contributed by atoms with E-state index >= 15 is 0 Å². The molecule has 19 heavy (non-hydrogen) atoms. The Morgan fingerprint density at radius 3 is 2.32 bits per heavy atom. The van der Waals surface area contributed by atoms with E-state index in [4.69, 9.17) is 0 Å². The molecule has 0 atom stereocenters. The van der Waals surface area contributed by atoms with Crippen LogP contribution in [0.15, 0.2) is 36.4 Å². The predicted molar refractivity (Wildman–Crippen MR) is 75.0 cm³/mol. The Morgan fingerprint density at radius 1 is 0.947 bits per heavy atom. The van der Waals surface area contributed by atoms with Gasteiger partial charge in [0.15, 0.2) is 0 Å². The van der Waals surface area contributed by atoms with Crippen LogP contribution in [0.3, 0.4) is 0 Å². The molecule has 0 aliphatic rings. The van der Waals surface area contributed by atoms with Crippen LogP contribution >= 0.6 is 0 Å². The van der Waals surface area contributed by atoms with Crippen LogP contribution < -0.4 is 5.32 Å². The molecule has 1 N–H and O–H groups in total. The molecule has 0 aliphatic heterocycles. The molecule has 2 nitrogen and oxygen atoms in total. The lowest BCUT2D eigenvalue weighted by atomic mass is 10.1. The van der Waals surface area contributed by atoms with Crippen LogP contribution in [0, 0.1) is 26.6 Å². The van der Waals surface area contributed by atoms with Crippen molar-refractivity contribution in [3.63, 3.8) is 0 Å². The number of rotatable bonds is 2. The lowest BCUT2D eigenvalue weighted by Gasteiger charge is -2.09. The van der Waals surface area contributed by atoms with Gasteiger partial charge < -0.3 is 5.32 Å². The fraction of sp³-hybridized carbons (Fsp3) is 0.188. The summed E-state index contributed by atoms with van der Waals surface area (Å²) in [6.07, 6.45) is 0. The Kier molecular flexibility index (Phi) is 3.65. The average Bonchev–Trinajstić information content (AvgIpc) is 2.37. The summed E-state index contributed by atoms with van der Waals surface area (Å²) in [7, 11) is 0. The van der Waals surface area contributed by atoms with Crippen molar-refractivity contribution in [2.24, 2.45) is 0 Å². The molecule has 98 valence electrons. The zero-order valence-electron chi connectivity index (χ0n) is 11.3. The second kappa shape index (κ2) is 5.22. The summed E-state index contributed by atoms with van der Waals surface area (Å²) in [6.45, 7) is 5.78. The number of hydrogen-bond acceptors (Lipinski definition) is 1. The number of aryl methyl sites for hydroxylation is 3. The van der Waals surface area contributed by atoms with Crippen molar-refractivity contribution in [2.45, 2.75) is 20.8 Å². The Balaban J connectivity index is 2.25. The zero-order valence-corrected chi connectivity index (χ0v) is 11.3. The average molecular weight is 257 g/mol. The standard InChI is InChI=1S/C16H16FNO/c1-10-4-6-13(8-12(10)3)16(19)18-15-9-14(17)7-5-11(15)2/h4-9H,1-3H3,(H,18,19). The van der Waals surface area contributed by atoms with Crippen LogP contribution in [0.4, 0.5) is 10.1 Å². The molecule has 0 saturated heterocycles. The summed E-state index contributed by atoms with van der Waals surface area (Å²) in [5, 5.41) is 2.74. The molecule has 0 fully saturated rings. The van der Waals surface area contributed by atoms with Crippen molar-refractivity contribution < 1.29 is 9.18 Å². The summed E-state index contributed by atoms with van der Waals surface area (Å²) < 4.78 is 13.2. The summed E-state index contributed by atoms with van der Waals surface area (Å²) in [4.78, 5) is 12.1. The smallest absolute Gasteiger partial charge is 0.255 e. The molecular weight excluding hydrogens is 241 g/mol. The summed E-state index contributed by atoms with van der Waals surface area (Å²) in [6, 6.07) is 9.86. The third-order valence-electron chi connectivity index (χ3n) is 3.22. The quantitative estimate of drug-likeness (QED) is 0.865. The molecule has 0 aliphatic carbocycles. The number of nitrogens with one attached hydrogen (secondary N) is 1. The monoisotopic (exact) mass is 257 g/mol. The first-order valence-corrected chi connectivity index (χ1v) is 6.12. The number of benzene rings is 2. The van der Waals surface area contributed by atoms with Gasteiger partial charge >= 0.3 is 0 Å². The van der Waals surface area contributed by atoms with E-state index in [-0.39, 0.29) is 11.7 Å². The van der Waals surface area contributed by atoms with Gasteiger partial charge in [-0.2, -0.15) is 0 Å². The first-order valence-electron chi connectivity index (χ1n) is 6.12. The number of carbonyl (C=O) groups excluding carboxylic acids is 1. The maximum absolute atomic E-state index is 13.2. The number of halogens is 1. The molecule has 3 heteroatoms. The molecule has 2 aromatic rings. The Labute approximate surface area is 112 Å². The molecule has 0 bridgehead atoms. The van der Waals surface area contributed by atoms with Gasteiger partial charge in [0.2, 0.25) is 0 Å². The van der Waals surface area contributed by atoms with E-state index in [0.717, 1.165) is 16.7 Å². The van der Waals surface area contributed by atoms with Crippen molar-refractivity contribution in [1.29, 1.82) is 0 Å². The molecule has 0 saturated carbocycles. The second-order valence-electron chi connectivity index (χ2n) is 4.71. The highest BCUT2D eigenvalue weighted by Crippen LogP contribution is 2.18. The summed E-state index contributed by atoms with van der Waals surface area (Å²) in [5.41, 5.74) is 4.11. The molecule has 2 aromatic carbocycles. The molecule has 1 amide bonds. The second-order valence-corrected chi connectivity index (χ2v) is 4.71. The lowest BCUT2D eigenvalue weighted by Crippen LogP contribution is -2.13. The van der Waals surface area contributed by atoms with Crippen LogP contribution in [0.5, 0.6) is 0 Å². The van der Waals surface area contributed by atoms with Gasteiger partial charge in [-0.1, -0.05) is 12.1 Å². The van der Waals surface area contributed by atoms with Gasteiger partial charge in [-0.3, -0.25) is 4.79 Å². The van der Waals surface area contributed by atoms with Gasteiger partial charge in [0.25, 0.3) is 5.91 Å². The highest BCUT2D eigenvalue weighted by molar-refractivity contribution is 6.04. The van der Waals surface area contributed by atoms with Crippen LogP contribution in [-0.4, -0.2) is 5.91 Å². The molecule has 0 unspecified atom stereocenters. The highest BCUT2D eigenvalue weighted by atomic mass is 19.1. The maximum Gasteiger partial charge on any atom is 0.255 e. The minimum absolute atomic E-state index is 0.225. The SMILES string of the molecule is Cc1ccc(C(=O)Nc2cc(F)ccc2C)cc1C. The number of carbonyl (C=O) groups is 1. The molecular formula is C16H16FNO. The van der Waals surface area contributed by atoms with Crippen molar-refractivity contribution in [1.82, 2.24) is 0 Å². The largest absolute Gasteiger partial charge is 0.322 e. The van der Waals surface area contributed by atoms with Gasteiger partial charge in [0, 0.05) is 11.3 Å². The van der Waals surface area contributed by atoms with Gasteiger partial charge in [-0.05, 0) is 61.7 Å². The van der Waals surface area contributed by atoms with Crippen LogP contribution in [0.2, 0.25) is 0 Å². The van der Waals surface area contributed by atoms with E-state index in [1.54, 1.807) is 12.1 Å². The number of anilines is 1. The van der Waals surface area contributed by atoms with E-state index in [1.165, 1.54) is 12.1 Å². The van der Waals surface area contributed by atoms with Gasteiger partial charge in [-0.15, -0.1) is 0 Å². The summed E-state index contributed by atoms with van der Waals surface area (Å²) >= 11 is 0. The van der Waals surface area contributed by atoms with E-state index in [2.05, 4.69) is 5.32 Å². The lowest BCUT2D eigenvalue weighted by molar-refractivity contribution is 0.102. The Bertz CT molecular complexity index is 635. The first kappa shape index (κ1) is 13.3. The maximum atomic E-state index is 13.2. The number of hydrogen-bond donors (Lipinski definition) is 1. The summed E-state index contributed by atoms with van der Waals surface area (Å²) in [5.74, 6) is -0.585. The molecule has 0 radical (unpaired) electrons. The molecule has 2 rings (SSSR count). The van der Waals surface area contributed by atoms with Crippen LogP contribution in [0.25, 0.3) is 0 Å². The van der Waals surface area contributed by atoms with Crippen molar-refractivity contribution in [2.75, 3.05) is 5.32 Å². The van der Waals surface area contributed by atoms with Gasteiger partial charge in [-0.25, -0.2) is 4.39 Å². The van der Waals surface area contributed by atoms with E-state index in [9.17, 15) is 9.18 Å². The van der Waals surface area contributed by atoms with E-state index in [0.29, 0.717) is 11.3 Å². The van der Waals surface area contributed by atoms with Crippen LogP contribution in [0.1, 0.15) is 27.0 Å². The third kappa shape index (κ3) is 2.99. The normalized spacial score (nSPS) is 10.3. The Hall–Kier alpha value is -2.16. The van der Waals surface area contributed by atoms with E-state index < -0.39 is 0 Å². The fourth-order valence-electron chi connectivity index (χ4n) is 1.81. The van der Waals surface area contributed by atoms with Gasteiger partial charge in [0.05, 0.1) is 0 Å². The van der Waals surface area contributed by atoms with Crippen molar-refractivity contribution in [3.05, 3.63) is 64.5 Å². The minimum atomic E-state index is -0.360. The first-order chi connectivity index (χ1) is 8.97. The highest BCUT2D eigenvalue weighted by Gasteiger charge is 2.09. The zero-order chi connectivity index (χ0) is 14.0. The van der Waals surface area contributed by atoms with E-state index in [1.807, 2.05) is 32.9 Å². The molecule has 0 aromatic heterocycles. The van der Waals surface area contributed by atoms with Crippen molar-refractivity contribution >= 4 is 11.6 Å². The number of amides is 1. The van der Waals surface area contributed by atoms with Crippen molar-refractivity contribution in [3.8, 4) is 0 Å². The third-order valence-corrected chi connectivity index (χ3v) is 3.22. The topological polar surface area (TPSA) is 29.1 Å². The predicted octanol–water partition coefficient (Wildman–Crippen LogP) is 4.00. The Morgan fingerprint density at radius 2 is 1.63 bits per heavy atom. The molecule has 0 spiro atoms.